The number of amides is 3. The molecule has 1 heterocycles. The Bertz CT molecular complexity index is 1340. The van der Waals surface area contributed by atoms with Crippen molar-refractivity contribution in [2.45, 2.75) is 32.1 Å². The van der Waals surface area contributed by atoms with E-state index in [0.29, 0.717) is 24.2 Å². The molecule has 3 aromatic rings. The molecule has 0 unspecified atom stereocenters. The zero-order chi connectivity index (χ0) is 25.9. The Balaban J connectivity index is 1.24. The van der Waals surface area contributed by atoms with Gasteiger partial charge in [-0.3, -0.25) is 19.3 Å². The highest BCUT2D eigenvalue weighted by Crippen LogP contribution is 2.45. The van der Waals surface area contributed by atoms with Gasteiger partial charge in [-0.05, 0) is 68.0 Å². The van der Waals surface area contributed by atoms with E-state index in [1.165, 1.54) is 22.6 Å². The Labute approximate surface area is 215 Å². The first-order chi connectivity index (χ1) is 17.9. The van der Waals surface area contributed by atoms with Crippen molar-refractivity contribution in [3.8, 4) is 0 Å². The number of anilines is 2. The average Bonchev–Trinajstić information content (AvgIpc) is 3.18. The largest absolute Gasteiger partial charge is 0.452 e. The second kappa shape index (κ2) is 10.4. The maximum atomic E-state index is 13.4. The van der Waals surface area contributed by atoms with Gasteiger partial charge in [0.2, 0.25) is 11.8 Å². The number of benzene rings is 3. The summed E-state index contributed by atoms with van der Waals surface area (Å²) < 4.78 is 5.18. The van der Waals surface area contributed by atoms with Gasteiger partial charge in [-0.2, -0.15) is 0 Å². The van der Waals surface area contributed by atoms with Crippen molar-refractivity contribution in [3.05, 3.63) is 95.6 Å². The van der Waals surface area contributed by atoms with Gasteiger partial charge >= 0.3 is 5.97 Å². The van der Waals surface area contributed by atoms with Crippen LogP contribution in [0.5, 0.6) is 0 Å². The summed E-state index contributed by atoms with van der Waals surface area (Å²) in [5.41, 5.74) is 3.37. The molecule has 3 aromatic carbocycles. The Kier molecular flexibility index (Phi) is 6.86. The van der Waals surface area contributed by atoms with Crippen molar-refractivity contribution < 1.29 is 23.9 Å². The van der Waals surface area contributed by atoms with Gasteiger partial charge in [-0.25, -0.2) is 4.79 Å². The van der Waals surface area contributed by atoms with Crippen LogP contribution in [-0.2, 0) is 19.1 Å². The molecule has 0 spiro atoms. The highest BCUT2D eigenvalue weighted by atomic mass is 16.5. The van der Waals surface area contributed by atoms with E-state index in [1.807, 2.05) is 37.3 Å². The van der Waals surface area contributed by atoms with Crippen LogP contribution in [0, 0.1) is 18.8 Å². The van der Waals surface area contributed by atoms with Gasteiger partial charge in [0.15, 0.2) is 6.61 Å². The molecule has 3 atom stereocenters. The lowest BCUT2D eigenvalue weighted by Gasteiger charge is -2.28. The minimum Gasteiger partial charge on any atom is -0.452 e. The fourth-order valence-corrected chi connectivity index (χ4v) is 5.28. The highest BCUT2D eigenvalue weighted by Gasteiger charge is 2.50. The molecule has 2 fully saturated rings. The summed E-state index contributed by atoms with van der Waals surface area (Å²) >= 11 is 0. The molecule has 1 aliphatic carbocycles. The Morgan fingerprint density at radius 2 is 1.62 bits per heavy atom. The van der Waals surface area contributed by atoms with Crippen LogP contribution in [0.2, 0.25) is 0 Å². The molecule has 1 saturated carbocycles. The molecule has 0 aromatic heterocycles. The fraction of sp³-hybridized carbons (Fsp3) is 0.267. The summed E-state index contributed by atoms with van der Waals surface area (Å²) in [4.78, 5) is 52.6. The van der Waals surface area contributed by atoms with Gasteiger partial charge in [0.05, 0.1) is 23.1 Å². The summed E-state index contributed by atoms with van der Waals surface area (Å²) in [5, 5.41) is 2.67. The molecule has 1 aliphatic heterocycles. The zero-order valence-electron chi connectivity index (χ0n) is 20.6. The maximum absolute atomic E-state index is 13.4. The number of fused-ring (bicyclic) bond motifs is 1. The molecular formula is C30H28N2O5. The minimum absolute atomic E-state index is 0.165. The van der Waals surface area contributed by atoms with Crippen molar-refractivity contribution in [3.63, 3.8) is 0 Å². The first kappa shape index (κ1) is 24.4. The second-order valence-corrected chi connectivity index (χ2v) is 9.69. The third-order valence-corrected chi connectivity index (χ3v) is 7.21. The Morgan fingerprint density at radius 1 is 0.892 bits per heavy atom. The van der Waals surface area contributed by atoms with Gasteiger partial charge in [0.25, 0.3) is 5.91 Å². The molecule has 5 rings (SSSR count). The van der Waals surface area contributed by atoms with Crippen LogP contribution < -0.4 is 10.2 Å². The van der Waals surface area contributed by atoms with Crippen LogP contribution in [0.1, 0.15) is 46.7 Å². The molecule has 0 bridgehead atoms. The zero-order valence-corrected chi connectivity index (χ0v) is 20.6. The topological polar surface area (TPSA) is 92.8 Å². The van der Waals surface area contributed by atoms with E-state index in [2.05, 4.69) is 17.4 Å². The van der Waals surface area contributed by atoms with E-state index >= 15 is 0 Å². The van der Waals surface area contributed by atoms with Gasteiger partial charge in [-0.15, -0.1) is 0 Å². The predicted octanol–water partition coefficient (Wildman–Crippen LogP) is 4.86. The number of carbonyl (C=O) groups is 4. The number of aryl methyl sites for hydroxylation is 1. The maximum Gasteiger partial charge on any atom is 0.338 e. The monoisotopic (exact) mass is 496 g/mol. The van der Waals surface area contributed by atoms with Crippen LogP contribution >= 0.6 is 0 Å². The van der Waals surface area contributed by atoms with Crippen LogP contribution in [0.3, 0.4) is 0 Å². The van der Waals surface area contributed by atoms with Gasteiger partial charge in [0.1, 0.15) is 0 Å². The summed E-state index contributed by atoms with van der Waals surface area (Å²) in [7, 11) is 0. The predicted molar refractivity (Wildman–Crippen MR) is 139 cm³/mol. The van der Waals surface area contributed by atoms with Crippen molar-refractivity contribution >= 4 is 35.1 Å². The minimum atomic E-state index is -0.707. The fourth-order valence-electron chi connectivity index (χ4n) is 5.28. The van der Waals surface area contributed by atoms with Gasteiger partial charge in [0, 0.05) is 5.69 Å². The lowest BCUT2D eigenvalue weighted by atomic mass is 9.73. The average molecular weight is 497 g/mol. The molecule has 3 amide bonds. The van der Waals surface area contributed by atoms with Crippen LogP contribution in [0.15, 0.2) is 78.9 Å². The van der Waals surface area contributed by atoms with Crippen molar-refractivity contribution in [1.82, 2.24) is 0 Å². The lowest BCUT2D eigenvalue weighted by Crippen LogP contribution is -2.31. The summed E-state index contributed by atoms with van der Waals surface area (Å²) in [5.74, 6) is -2.08. The van der Waals surface area contributed by atoms with E-state index in [9.17, 15) is 19.2 Å². The smallest absolute Gasteiger partial charge is 0.338 e. The normalized spacial score (nSPS) is 20.9. The van der Waals surface area contributed by atoms with E-state index in [1.54, 1.807) is 24.3 Å². The number of imide groups is 1. The number of rotatable bonds is 6. The summed E-state index contributed by atoms with van der Waals surface area (Å²) in [6.45, 7) is 1.49. The van der Waals surface area contributed by atoms with E-state index in [4.69, 9.17) is 4.74 Å². The van der Waals surface area contributed by atoms with E-state index in [0.717, 1.165) is 12.0 Å². The van der Waals surface area contributed by atoms with E-state index < -0.39 is 18.5 Å². The second-order valence-electron chi connectivity index (χ2n) is 9.69. The molecule has 0 radical (unpaired) electrons. The SMILES string of the molecule is Cc1ccc(NC(=O)COC(=O)c2cccc(N3C(=O)[C@H]4C[C@H](c5ccccc5)CC[C@H]4C3=O)c2)cc1. The third kappa shape index (κ3) is 5.16. The number of hydrogen-bond acceptors (Lipinski definition) is 5. The lowest BCUT2D eigenvalue weighted by molar-refractivity contribution is -0.122. The standard InChI is InChI=1S/C30H28N2O5/c1-19-10-13-23(14-11-19)31-27(33)18-37-30(36)22-8-5-9-24(16-22)32-28(34)25-15-12-21(17-26(25)29(32)35)20-6-3-2-4-7-20/h2-11,13-14,16,21,25-26H,12,15,17-18H2,1H3,(H,31,33)/t21-,25-,26+/m1/s1. The van der Waals surface area contributed by atoms with Crippen LogP contribution in [-0.4, -0.2) is 30.3 Å². The molecule has 37 heavy (non-hydrogen) atoms. The van der Waals surface area contributed by atoms with Crippen molar-refractivity contribution in [1.29, 1.82) is 0 Å². The van der Waals surface area contributed by atoms with Crippen molar-refractivity contribution in [2.24, 2.45) is 11.8 Å². The number of esters is 1. The first-order valence-corrected chi connectivity index (χ1v) is 12.5. The number of nitrogens with zero attached hydrogens (tertiary/aromatic N) is 1. The van der Waals surface area contributed by atoms with Crippen LogP contribution in [0.4, 0.5) is 11.4 Å². The van der Waals surface area contributed by atoms with Gasteiger partial charge in [-0.1, -0.05) is 54.1 Å². The molecule has 1 saturated heterocycles. The quantitative estimate of drug-likeness (QED) is 0.389. The number of nitrogens with one attached hydrogen (secondary N) is 1. The summed E-state index contributed by atoms with van der Waals surface area (Å²) in [6.07, 6.45) is 2.14. The molecule has 1 N–H and O–H groups in total. The number of ether oxygens (including phenoxy) is 1. The highest BCUT2D eigenvalue weighted by molar-refractivity contribution is 6.22. The number of carbonyl (C=O) groups excluding carboxylic acids is 4. The van der Waals surface area contributed by atoms with E-state index in [-0.39, 0.29) is 35.1 Å². The molecule has 7 nitrogen and oxygen atoms in total. The van der Waals surface area contributed by atoms with Crippen molar-refractivity contribution in [2.75, 3.05) is 16.8 Å². The molecular weight excluding hydrogens is 468 g/mol. The molecule has 188 valence electrons. The number of hydrogen-bond donors (Lipinski definition) is 1. The summed E-state index contributed by atoms with van der Waals surface area (Å²) in [6, 6.07) is 23.6. The van der Waals surface area contributed by atoms with Crippen LogP contribution in [0.25, 0.3) is 0 Å². The van der Waals surface area contributed by atoms with Gasteiger partial charge < -0.3 is 10.1 Å². The first-order valence-electron chi connectivity index (χ1n) is 12.5. The third-order valence-electron chi connectivity index (χ3n) is 7.21. The molecule has 7 heteroatoms. The Morgan fingerprint density at radius 3 is 2.38 bits per heavy atom. The molecule has 2 aliphatic rings. The Hall–Kier alpha value is -4.26.